The Morgan fingerprint density at radius 1 is 0.723 bits per heavy atom. The first-order valence-corrected chi connectivity index (χ1v) is 21.6. The number of methoxy groups -OCH3 is 1. The molecule has 1 heterocycles. The summed E-state index contributed by atoms with van der Waals surface area (Å²) in [5.41, 5.74) is 3.75. The molecule has 336 valence electrons. The highest BCUT2D eigenvalue weighted by atomic mass is 16.5. The van der Waals surface area contributed by atoms with Crippen molar-refractivity contribution in [2.45, 2.75) is 62.8 Å². The molecule has 11 heteroatoms. The molecule has 0 aliphatic carbocycles. The number of carbonyl (C=O) groups excluding carboxylic acids is 1. The second kappa shape index (κ2) is 21.0. The van der Waals surface area contributed by atoms with E-state index < -0.39 is 41.5 Å². The van der Waals surface area contributed by atoms with Gasteiger partial charge in [-0.05, 0) is 133 Å². The highest BCUT2D eigenvalue weighted by Crippen LogP contribution is 2.50. The van der Waals surface area contributed by atoms with E-state index in [1.165, 1.54) is 37.4 Å². The van der Waals surface area contributed by atoms with Crippen molar-refractivity contribution in [2.75, 3.05) is 7.11 Å². The molecule has 0 bridgehead atoms. The zero-order chi connectivity index (χ0) is 46.0. The number of ketones is 1. The lowest BCUT2D eigenvalue weighted by atomic mass is 9.73. The normalized spacial score (nSPS) is 18.4. The van der Waals surface area contributed by atoms with Crippen molar-refractivity contribution in [2.24, 2.45) is 11.8 Å². The van der Waals surface area contributed by atoms with Crippen molar-refractivity contribution in [3.8, 4) is 46.0 Å². The molecule has 0 aromatic heterocycles. The van der Waals surface area contributed by atoms with Crippen LogP contribution >= 0.6 is 0 Å². The van der Waals surface area contributed by atoms with Gasteiger partial charge < -0.3 is 50.3 Å². The van der Waals surface area contributed by atoms with Gasteiger partial charge in [-0.2, -0.15) is 0 Å². The molecule has 6 aromatic rings. The van der Waals surface area contributed by atoms with E-state index in [9.17, 15) is 40.9 Å². The monoisotopic (exact) mass is 878 g/mol. The molecule has 6 aromatic carbocycles. The van der Waals surface area contributed by atoms with E-state index in [-0.39, 0.29) is 63.9 Å². The highest BCUT2D eigenvalue weighted by molar-refractivity contribution is 6.04. The smallest absolute Gasteiger partial charge is 0.176 e. The Morgan fingerprint density at radius 3 is 1.85 bits per heavy atom. The number of phenolic OH excluding ortho intramolecular Hbond substituents is 7. The van der Waals surface area contributed by atoms with Crippen LogP contribution < -0.4 is 4.74 Å². The summed E-state index contributed by atoms with van der Waals surface area (Å²) in [6, 6.07) is 34.4. The van der Waals surface area contributed by atoms with Gasteiger partial charge in [0.2, 0.25) is 0 Å². The number of ether oxygens (including phenoxy) is 2. The lowest BCUT2D eigenvalue weighted by molar-refractivity contribution is -0.0938. The van der Waals surface area contributed by atoms with Crippen LogP contribution in [0.2, 0.25) is 0 Å². The Bertz CT molecular complexity index is 2570. The average molecular weight is 879 g/mol. The van der Waals surface area contributed by atoms with Crippen LogP contribution in [0.3, 0.4) is 0 Å². The third-order valence-corrected chi connectivity index (χ3v) is 12.1. The van der Waals surface area contributed by atoms with Crippen molar-refractivity contribution in [3.05, 3.63) is 185 Å². The van der Waals surface area contributed by atoms with E-state index in [0.717, 1.165) is 16.7 Å². The lowest BCUT2D eigenvalue weighted by Gasteiger charge is -2.41. The Labute approximate surface area is 378 Å². The van der Waals surface area contributed by atoms with Gasteiger partial charge >= 0.3 is 0 Å². The fourth-order valence-electron chi connectivity index (χ4n) is 8.56. The summed E-state index contributed by atoms with van der Waals surface area (Å²) < 4.78 is 12.6. The van der Waals surface area contributed by atoms with Gasteiger partial charge in [-0.25, -0.2) is 0 Å². The van der Waals surface area contributed by atoms with E-state index in [1.807, 2.05) is 24.3 Å². The number of Topliss-reactive ketones (excluding diaryl/α,β-unsaturated/α-hetero) is 1. The molecule has 1 aliphatic rings. The van der Waals surface area contributed by atoms with Gasteiger partial charge in [0.05, 0.1) is 31.3 Å². The minimum absolute atomic E-state index is 0.00511. The van der Waals surface area contributed by atoms with Gasteiger partial charge in [0.1, 0.15) is 51.6 Å². The van der Waals surface area contributed by atoms with E-state index in [1.54, 1.807) is 97.1 Å². The zero-order valence-corrected chi connectivity index (χ0v) is 35.9. The number of rotatable bonds is 17. The Balaban J connectivity index is 1.28. The molecule has 0 amide bonds. The van der Waals surface area contributed by atoms with Crippen LogP contribution in [-0.4, -0.2) is 66.0 Å². The molecule has 65 heavy (non-hydrogen) atoms. The third-order valence-electron chi connectivity index (χ3n) is 12.1. The SMILES string of the molecule is COc1cc(O)c([C@@H](C=CC[C@H](O)CCc2ccc(O)cc2)c2ccc(O)cc2)c(O)c1C(=O)[C@@H]1[C@@H](c2ccc(O)cc2)O[C@H](CCc2ccc(O)cc2)C[C@@H]1C=Cc1ccc(O)cc1. The van der Waals surface area contributed by atoms with Gasteiger partial charge in [0.15, 0.2) is 5.78 Å². The first-order chi connectivity index (χ1) is 31.4. The van der Waals surface area contributed by atoms with Gasteiger partial charge in [0, 0.05) is 17.5 Å². The number of carbonyl (C=O) groups is 1. The third kappa shape index (κ3) is 11.5. The van der Waals surface area contributed by atoms with Gasteiger partial charge in [-0.1, -0.05) is 85.0 Å². The molecule has 6 atom stereocenters. The zero-order valence-electron chi connectivity index (χ0n) is 35.9. The number of allylic oxidation sites excluding steroid dienone is 2. The first kappa shape index (κ1) is 45.8. The number of benzene rings is 6. The first-order valence-electron chi connectivity index (χ1n) is 21.6. The number of hydrogen-bond acceptors (Lipinski definition) is 11. The molecule has 8 N–H and O–H groups in total. The summed E-state index contributed by atoms with van der Waals surface area (Å²) >= 11 is 0. The van der Waals surface area contributed by atoms with Crippen LogP contribution in [0.15, 0.2) is 146 Å². The van der Waals surface area contributed by atoms with Crippen LogP contribution in [0.25, 0.3) is 6.08 Å². The number of aliphatic hydroxyl groups excluding tert-OH is 1. The molecule has 7 rings (SSSR count). The summed E-state index contributed by atoms with van der Waals surface area (Å²) in [5, 5.41) is 85.1. The summed E-state index contributed by atoms with van der Waals surface area (Å²) in [5.74, 6) is -3.31. The number of aryl methyl sites for hydroxylation is 2. The molecule has 0 spiro atoms. The van der Waals surface area contributed by atoms with E-state index in [4.69, 9.17) is 9.47 Å². The van der Waals surface area contributed by atoms with E-state index in [0.29, 0.717) is 43.2 Å². The maximum Gasteiger partial charge on any atom is 0.176 e. The quantitative estimate of drug-likeness (QED) is 0.0321. The molecule has 11 nitrogen and oxygen atoms in total. The largest absolute Gasteiger partial charge is 0.508 e. The predicted molar refractivity (Wildman–Crippen MR) is 248 cm³/mol. The summed E-state index contributed by atoms with van der Waals surface area (Å²) in [6.07, 6.45) is 8.17. The fourth-order valence-corrected chi connectivity index (χ4v) is 8.56. The van der Waals surface area contributed by atoms with Crippen LogP contribution in [-0.2, 0) is 17.6 Å². The summed E-state index contributed by atoms with van der Waals surface area (Å²) in [4.78, 5) is 15.6. The van der Waals surface area contributed by atoms with E-state index in [2.05, 4.69) is 0 Å². The Morgan fingerprint density at radius 2 is 1.26 bits per heavy atom. The molecule has 1 fully saturated rings. The Kier molecular flexibility index (Phi) is 14.8. The second-order valence-corrected chi connectivity index (χ2v) is 16.5. The Hall–Kier alpha value is -7.21. The predicted octanol–water partition coefficient (Wildman–Crippen LogP) is 10.00. The standard InChI is InChI=1S/C54H54O11/c1-64-48-32-47(61)50(46(36-15-26-43(59)27-16-36)4-2-3-39(55)19-6-34-9-22-41(57)23-10-34)53(63)51(48)52(62)49-38(14-5-33-7-20-40(56)21-8-33)31-45(30-13-35-11-24-42(58)25-12-35)65-54(49)37-17-28-44(60)29-18-37/h2,4-5,7-12,14-18,20-29,32,38-39,45-46,49,54-61,63H,3,6,13,19,30-31H2,1H3/t38-,39-,45+,46-,49+,54+/m0/s1. The molecule has 0 unspecified atom stereocenters. The van der Waals surface area contributed by atoms with Crippen LogP contribution in [0.4, 0.5) is 0 Å². The molecular formula is C54H54O11. The number of phenols is 7. The number of aliphatic hydroxyl groups is 1. The molecular weight excluding hydrogens is 825 g/mol. The highest BCUT2D eigenvalue weighted by Gasteiger charge is 2.45. The van der Waals surface area contributed by atoms with E-state index >= 15 is 4.79 Å². The number of aromatic hydroxyl groups is 7. The molecule has 0 saturated carbocycles. The molecule has 1 aliphatic heterocycles. The van der Waals surface area contributed by atoms with Crippen LogP contribution in [0, 0.1) is 11.8 Å². The summed E-state index contributed by atoms with van der Waals surface area (Å²) in [7, 11) is 1.35. The van der Waals surface area contributed by atoms with Crippen molar-refractivity contribution < 1.29 is 55.1 Å². The fraction of sp³-hybridized carbons (Fsp3) is 0.241. The van der Waals surface area contributed by atoms with Gasteiger partial charge in [-0.15, -0.1) is 0 Å². The lowest BCUT2D eigenvalue weighted by Crippen LogP contribution is -2.40. The van der Waals surface area contributed by atoms with Crippen LogP contribution in [0.1, 0.15) is 81.4 Å². The maximum absolute atomic E-state index is 15.6. The minimum atomic E-state index is -0.971. The van der Waals surface area contributed by atoms with Crippen molar-refractivity contribution in [1.29, 1.82) is 0 Å². The summed E-state index contributed by atoms with van der Waals surface area (Å²) in [6.45, 7) is 0. The molecule has 1 saturated heterocycles. The number of hydrogen-bond donors (Lipinski definition) is 8. The average Bonchev–Trinajstić information content (AvgIpc) is 3.30. The van der Waals surface area contributed by atoms with Crippen molar-refractivity contribution in [1.82, 2.24) is 0 Å². The van der Waals surface area contributed by atoms with Crippen LogP contribution in [0.5, 0.6) is 46.0 Å². The minimum Gasteiger partial charge on any atom is -0.508 e. The molecule has 0 radical (unpaired) electrons. The van der Waals surface area contributed by atoms with Crippen molar-refractivity contribution in [3.63, 3.8) is 0 Å². The van der Waals surface area contributed by atoms with Crippen molar-refractivity contribution >= 4 is 11.9 Å². The topological polar surface area (TPSA) is 197 Å². The maximum atomic E-state index is 15.6. The van der Waals surface area contributed by atoms with Gasteiger partial charge in [0.25, 0.3) is 0 Å². The van der Waals surface area contributed by atoms with Gasteiger partial charge in [-0.3, -0.25) is 4.79 Å². The second-order valence-electron chi connectivity index (χ2n) is 16.5.